The minimum Gasteiger partial charge on any atom is -0.478 e. The molecule has 3 aromatic rings. The van der Waals surface area contributed by atoms with E-state index in [9.17, 15) is 22.8 Å². The number of aromatic carboxylic acids is 1. The second kappa shape index (κ2) is 10.5. The molecule has 12 heteroatoms. The molecule has 2 amide bonds. The van der Waals surface area contributed by atoms with E-state index in [0.717, 1.165) is 4.31 Å². The molecular weight excluding hydrogens is 516 g/mol. The summed E-state index contributed by atoms with van der Waals surface area (Å²) in [6, 6.07) is 13.1. The molecule has 10 nitrogen and oxygen atoms in total. The minimum atomic E-state index is -4.09. The normalized spacial score (nSPS) is 18.0. The third-order valence-electron chi connectivity index (χ3n) is 6.33. The summed E-state index contributed by atoms with van der Waals surface area (Å²) in [7, 11) is -1.14. The number of benzene rings is 2. The first-order chi connectivity index (χ1) is 17.5. The van der Waals surface area contributed by atoms with Crippen LogP contribution in [0.2, 0.25) is 0 Å². The number of sulfonamides is 1. The molecule has 1 aliphatic heterocycles. The van der Waals surface area contributed by atoms with E-state index in [1.54, 1.807) is 24.3 Å². The summed E-state index contributed by atoms with van der Waals surface area (Å²) in [6.07, 6.45) is 1.71. The first-order valence-corrected chi connectivity index (χ1v) is 13.3. The summed E-state index contributed by atoms with van der Waals surface area (Å²) in [4.78, 5) is 44.1. The molecule has 37 heavy (non-hydrogen) atoms. The summed E-state index contributed by atoms with van der Waals surface area (Å²) in [6.45, 7) is -0.254. The molecule has 2 heterocycles. The molecule has 2 unspecified atom stereocenters. The van der Waals surface area contributed by atoms with Crippen LogP contribution in [0.4, 0.5) is 5.69 Å². The number of rotatable bonds is 7. The lowest BCUT2D eigenvalue weighted by Crippen LogP contribution is -2.49. The number of carboxylic acid groups (broad SMARTS) is 1. The predicted molar refractivity (Wildman–Crippen MR) is 141 cm³/mol. The largest absolute Gasteiger partial charge is 0.478 e. The van der Waals surface area contributed by atoms with Gasteiger partial charge in [-0.05, 0) is 42.8 Å². The maximum Gasteiger partial charge on any atom is 0.335 e. The van der Waals surface area contributed by atoms with Gasteiger partial charge in [0.05, 0.1) is 17.6 Å². The maximum atomic E-state index is 13.7. The molecule has 4 rings (SSSR count). The fourth-order valence-electron chi connectivity index (χ4n) is 4.30. The number of hydrogen-bond acceptors (Lipinski definition) is 7. The van der Waals surface area contributed by atoms with Crippen molar-refractivity contribution in [1.82, 2.24) is 14.2 Å². The van der Waals surface area contributed by atoms with Crippen molar-refractivity contribution in [2.45, 2.75) is 22.6 Å². The fraction of sp³-hybridized carbons (Fsp3) is 0.280. The van der Waals surface area contributed by atoms with Gasteiger partial charge in [0.2, 0.25) is 21.8 Å². The molecule has 0 bridgehead atoms. The Balaban J connectivity index is 1.53. The molecule has 1 fully saturated rings. The Morgan fingerprint density at radius 1 is 1.08 bits per heavy atom. The van der Waals surface area contributed by atoms with Crippen molar-refractivity contribution >= 4 is 57.0 Å². The number of carbonyl (C=O) groups is 3. The molecule has 2 aromatic carbocycles. The maximum absolute atomic E-state index is 13.7. The van der Waals surface area contributed by atoms with E-state index in [4.69, 9.17) is 5.11 Å². The summed E-state index contributed by atoms with van der Waals surface area (Å²) >= 11 is 4.46. The number of amides is 2. The highest BCUT2D eigenvalue weighted by molar-refractivity contribution is 7.89. The Hall–Kier alpha value is -3.48. The van der Waals surface area contributed by atoms with Gasteiger partial charge in [-0.2, -0.15) is 16.9 Å². The van der Waals surface area contributed by atoms with Crippen LogP contribution >= 0.6 is 12.6 Å². The third kappa shape index (κ3) is 5.31. The zero-order valence-corrected chi connectivity index (χ0v) is 21.9. The van der Waals surface area contributed by atoms with Gasteiger partial charge in [-0.25, -0.2) is 13.2 Å². The highest BCUT2D eigenvalue weighted by atomic mass is 32.2. The third-order valence-corrected chi connectivity index (χ3v) is 8.61. The molecule has 0 aliphatic carbocycles. The summed E-state index contributed by atoms with van der Waals surface area (Å²) in [5.74, 6) is -2.02. The van der Waals surface area contributed by atoms with Crippen LogP contribution in [0.15, 0.2) is 65.7 Å². The zero-order valence-electron chi connectivity index (χ0n) is 20.2. The lowest BCUT2D eigenvalue weighted by molar-refractivity contribution is -0.136. The topological polar surface area (TPSA) is 128 Å². The molecule has 2 atom stereocenters. The van der Waals surface area contributed by atoms with Crippen molar-refractivity contribution in [2.24, 2.45) is 0 Å². The summed E-state index contributed by atoms with van der Waals surface area (Å²) < 4.78 is 28.5. The van der Waals surface area contributed by atoms with E-state index in [1.165, 1.54) is 60.4 Å². The van der Waals surface area contributed by atoms with Crippen LogP contribution in [-0.4, -0.2) is 84.0 Å². The van der Waals surface area contributed by atoms with Crippen LogP contribution in [0, 0.1) is 0 Å². The number of fused-ring (bicyclic) bond motifs is 1. The molecule has 1 saturated heterocycles. The Kier molecular flexibility index (Phi) is 7.53. The van der Waals surface area contributed by atoms with Crippen molar-refractivity contribution in [3.63, 3.8) is 0 Å². The highest BCUT2D eigenvalue weighted by Crippen LogP contribution is 2.32. The van der Waals surface area contributed by atoms with Crippen LogP contribution in [0.25, 0.3) is 10.9 Å². The zero-order chi connectivity index (χ0) is 26.9. The predicted octanol–water partition coefficient (Wildman–Crippen LogP) is 2.12. The van der Waals surface area contributed by atoms with Crippen molar-refractivity contribution in [3.8, 4) is 0 Å². The minimum absolute atomic E-state index is 0.00843. The second-order valence-corrected chi connectivity index (χ2v) is 11.4. The molecule has 1 aliphatic rings. The van der Waals surface area contributed by atoms with Crippen molar-refractivity contribution < 1.29 is 27.9 Å². The standard InChI is InChI=1S/C25H26N4O6S2/c1-27(15-22(30)28(2)18-10-8-17(9-11-18)25(32)33)24(31)20-13-19(36)14-29(20)37(34,35)21-7-3-5-16-6-4-12-26-23(16)21/h3-12,19-20,36H,13-15H2,1-2H3,(H,32,33). The van der Waals surface area contributed by atoms with Gasteiger partial charge in [0.25, 0.3) is 0 Å². The number of hydrogen-bond donors (Lipinski definition) is 2. The molecule has 1 N–H and O–H groups in total. The quantitative estimate of drug-likeness (QED) is 0.438. The van der Waals surface area contributed by atoms with E-state index in [1.807, 2.05) is 0 Å². The smallest absolute Gasteiger partial charge is 0.335 e. The van der Waals surface area contributed by atoms with E-state index in [0.29, 0.717) is 16.6 Å². The van der Waals surface area contributed by atoms with Crippen LogP contribution in [0.5, 0.6) is 0 Å². The van der Waals surface area contributed by atoms with E-state index < -0.39 is 33.8 Å². The molecule has 0 radical (unpaired) electrons. The number of thiol groups is 1. The highest BCUT2D eigenvalue weighted by Gasteiger charge is 2.44. The number of nitrogens with zero attached hydrogens (tertiary/aromatic N) is 4. The molecule has 0 saturated carbocycles. The Morgan fingerprint density at radius 2 is 1.76 bits per heavy atom. The average Bonchev–Trinajstić information content (AvgIpc) is 3.29. The van der Waals surface area contributed by atoms with Crippen molar-refractivity contribution in [2.75, 3.05) is 32.1 Å². The van der Waals surface area contributed by atoms with Crippen LogP contribution < -0.4 is 4.90 Å². The monoisotopic (exact) mass is 542 g/mol. The summed E-state index contributed by atoms with van der Waals surface area (Å²) in [5.41, 5.74) is 0.861. The summed E-state index contributed by atoms with van der Waals surface area (Å²) in [5, 5.41) is 9.36. The lowest BCUT2D eigenvalue weighted by atomic mass is 10.2. The molecular formula is C25H26N4O6S2. The van der Waals surface area contributed by atoms with Crippen molar-refractivity contribution in [3.05, 3.63) is 66.4 Å². The van der Waals surface area contributed by atoms with Gasteiger partial charge >= 0.3 is 5.97 Å². The lowest BCUT2D eigenvalue weighted by Gasteiger charge is -2.28. The number of aromatic nitrogens is 1. The van der Waals surface area contributed by atoms with Gasteiger partial charge < -0.3 is 14.9 Å². The SMILES string of the molecule is CN(CC(=O)N(C)c1ccc(C(=O)O)cc1)C(=O)C1CC(S)CN1S(=O)(=O)c1cccc2cccnc12. The Labute approximate surface area is 220 Å². The van der Waals surface area contributed by atoms with E-state index in [2.05, 4.69) is 17.6 Å². The fourth-order valence-corrected chi connectivity index (χ4v) is 6.59. The van der Waals surface area contributed by atoms with Crippen molar-refractivity contribution in [1.29, 1.82) is 0 Å². The van der Waals surface area contributed by atoms with Gasteiger partial charge in [0, 0.05) is 43.2 Å². The molecule has 1 aromatic heterocycles. The van der Waals surface area contributed by atoms with Crippen LogP contribution in [0.1, 0.15) is 16.8 Å². The van der Waals surface area contributed by atoms with Crippen LogP contribution in [-0.2, 0) is 19.6 Å². The number of para-hydroxylation sites is 1. The first kappa shape index (κ1) is 26.6. The number of carbonyl (C=O) groups excluding carboxylic acids is 2. The number of carboxylic acids is 1. The number of pyridine rings is 1. The first-order valence-electron chi connectivity index (χ1n) is 11.4. The van der Waals surface area contributed by atoms with Gasteiger partial charge in [-0.3, -0.25) is 14.6 Å². The molecule has 0 spiro atoms. The van der Waals surface area contributed by atoms with Gasteiger partial charge in [0.15, 0.2) is 0 Å². The second-order valence-electron chi connectivity index (χ2n) is 8.81. The molecule has 194 valence electrons. The number of likely N-dealkylation sites (N-methyl/N-ethyl adjacent to an activating group) is 2. The van der Waals surface area contributed by atoms with Crippen LogP contribution in [0.3, 0.4) is 0 Å². The van der Waals surface area contributed by atoms with E-state index in [-0.39, 0.29) is 35.2 Å². The van der Waals surface area contributed by atoms with Gasteiger partial charge in [-0.15, -0.1) is 0 Å². The Morgan fingerprint density at radius 3 is 2.43 bits per heavy atom. The van der Waals surface area contributed by atoms with Gasteiger partial charge in [0.1, 0.15) is 10.9 Å². The van der Waals surface area contributed by atoms with Gasteiger partial charge in [-0.1, -0.05) is 18.2 Å². The van der Waals surface area contributed by atoms with E-state index >= 15 is 0 Å². The number of anilines is 1. The Bertz CT molecular complexity index is 1460. The average molecular weight is 543 g/mol.